The van der Waals surface area contributed by atoms with Gasteiger partial charge in [-0.3, -0.25) is 0 Å². The van der Waals surface area contributed by atoms with Gasteiger partial charge in [0.15, 0.2) is 0 Å². The molecule has 1 aromatic carbocycles. The number of hydrogen-bond donors (Lipinski definition) is 1. The second-order valence-corrected chi connectivity index (χ2v) is 6.43. The number of hydrogen-bond acceptors (Lipinski definition) is 2. The maximum atomic E-state index is 13.6. The van der Waals surface area contributed by atoms with Crippen molar-refractivity contribution in [1.29, 1.82) is 0 Å². The van der Waals surface area contributed by atoms with Crippen molar-refractivity contribution in [3.63, 3.8) is 0 Å². The van der Waals surface area contributed by atoms with Gasteiger partial charge in [0.1, 0.15) is 11.6 Å². The molecule has 1 aliphatic carbocycles. The van der Waals surface area contributed by atoms with Gasteiger partial charge in [0, 0.05) is 24.3 Å². The first-order valence-electron chi connectivity index (χ1n) is 6.85. The number of ether oxygens (including phenoxy) is 1. The minimum absolute atomic E-state index is 0.0164. The molecule has 0 amide bonds. The molecule has 1 aliphatic rings. The van der Waals surface area contributed by atoms with Crippen LogP contribution in [0.2, 0.25) is 5.02 Å². The Bertz CT molecular complexity index is 580. The van der Waals surface area contributed by atoms with Crippen molar-refractivity contribution in [2.45, 2.75) is 38.5 Å². The highest BCUT2D eigenvalue weighted by atomic mass is 35.5. The van der Waals surface area contributed by atoms with E-state index in [9.17, 15) is 18.0 Å². The summed E-state index contributed by atoms with van der Waals surface area (Å²) in [6, 6.07) is 1.89. The number of rotatable bonds is 4. The summed E-state index contributed by atoms with van der Waals surface area (Å²) in [4.78, 5) is 10.8. The fraction of sp³-hybridized carbons (Fsp3) is 0.533. The summed E-state index contributed by atoms with van der Waals surface area (Å²) in [6.07, 6.45) is 0.195. The second kappa shape index (κ2) is 5.99. The van der Waals surface area contributed by atoms with E-state index >= 15 is 0 Å². The minimum Gasteiger partial charge on any atom is -0.491 e. The average molecular weight is 337 g/mol. The minimum atomic E-state index is -2.63. The summed E-state index contributed by atoms with van der Waals surface area (Å²) >= 11 is 5.88. The van der Waals surface area contributed by atoms with Crippen LogP contribution in [0.3, 0.4) is 0 Å². The summed E-state index contributed by atoms with van der Waals surface area (Å²) in [5.74, 6) is -4.99. The average Bonchev–Trinajstić information content (AvgIpc) is 2.43. The van der Waals surface area contributed by atoms with Gasteiger partial charge in [-0.25, -0.2) is 18.0 Å². The van der Waals surface area contributed by atoms with E-state index < -0.39 is 28.7 Å². The lowest BCUT2D eigenvalue weighted by Crippen LogP contribution is -2.35. The molecule has 0 bridgehead atoms. The van der Waals surface area contributed by atoms with E-state index in [-0.39, 0.29) is 30.2 Å². The lowest BCUT2D eigenvalue weighted by atomic mass is 9.75. The molecular formula is C15H16ClF3O3. The van der Waals surface area contributed by atoms with Crippen molar-refractivity contribution >= 4 is 17.6 Å². The number of carboxylic acid groups (broad SMARTS) is 1. The molecule has 2 rings (SSSR count). The van der Waals surface area contributed by atoms with Crippen molar-refractivity contribution in [3.8, 4) is 5.75 Å². The number of aromatic carboxylic acids is 1. The van der Waals surface area contributed by atoms with Crippen LogP contribution in [-0.4, -0.2) is 23.6 Å². The zero-order valence-corrected chi connectivity index (χ0v) is 12.7. The molecule has 7 heteroatoms. The molecule has 122 valence electrons. The third-order valence-electron chi connectivity index (χ3n) is 4.02. The van der Waals surface area contributed by atoms with Crippen LogP contribution < -0.4 is 4.74 Å². The first-order chi connectivity index (χ1) is 10.1. The lowest BCUT2D eigenvalue weighted by molar-refractivity contribution is -0.0711. The highest BCUT2D eigenvalue weighted by Crippen LogP contribution is 2.43. The molecule has 1 fully saturated rings. The Hall–Kier alpha value is -1.43. The lowest BCUT2D eigenvalue weighted by Gasteiger charge is -2.36. The zero-order valence-electron chi connectivity index (χ0n) is 12.0. The largest absolute Gasteiger partial charge is 0.491 e. The first kappa shape index (κ1) is 16.9. The molecular weight excluding hydrogens is 321 g/mol. The Morgan fingerprint density at radius 1 is 1.32 bits per heavy atom. The van der Waals surface area contributed by atoms with E-state index in [1.165, 1.54) is 0 Å². The highest BCUT2D eigenvalue weighted by Gasteiger charge is 2.41. The number of benzene rings is 1. The van der Waals surface area contributed by atoms with Gasteiger partial charge in [-0.1, -0.05) is 18.5 Å². The molecule has 0 atom stereocenters. The Morgan fingerprint density at radius 3 is 2.45 bits per heavy atom. The Kier molecular flexibility index (Phi) is 4.61. The summed E-state index contributed by atoms with van der Waals surface area (Å²) < 4.78 is 45.4. The molecule has 3 nitrogen and oxygen atoms in total. The fourth-order valence-electron chi connectivity index (χ4n) is 2.42. The predicted molar refractivity (Wildman–Crippen MR) is 75.4 cm³/mol. The Balaban J connectivity index is 2.06. The van der Waals surface area contributed by atoms with Gasteiger partial charge in [-0.15, -0.1) is 0 Å². The molecule has 1 N–H and O–H groups in total. The van der Waals surface area contributed by atoms with E-state index in [2.05, 4.69) is 0 Å². The van der Waals surface area contributed by atoms with Crippen molar-refractivity contribution in [2.24, 2.45) is 5.41 Å². The fourth-order valence-corrected chi connectivity index (χ4v) is 2.64. The monoisotopic (exact) mass is 336 g/mol. The van der Waals surface area contributed by atoms with E-state index in [1.54, 1.807) is 0 Å². The van der Waals surface area contributed by atoms with Gasteiger partial charge in [0.2, 0.25) is 5.92 Å². The van der Waals surface area contributed by atoms with Crippen LogP contribution in [0.5, 0.6) is 5.75 Å². The van der Waals surface area contributed by atoms with Gasteiger partial charge in [-0.05, 0) is 18.9 Å². The van der Waals surface area contributed by atoms with Crippen molar-refractivity contribution in [3.05, 3.63) is 28.5 Å². The SMILES string of the molecule is CC1(COc2cc(F)c(C(=O)O)cc2Cl)CCC(F)(F)CC1. The highest BCUT2D eigenvalue weighted by molar-refractivity contribution is 6.32. The summed E-state index contributed by atoms with van der Waals surface area (Å²) in [5, 5.41) is 8.77. The molecule has 0 aromatic heterocycles. The van der Waals surface area contributed by atoms with Crippen molar-refractivity contribution in [1.82, 2.24) is 0 Å². The van der Waals surface area contributed by atoms with Crippen molar-refractivity contribution < 1.29 is 27.8 Å². The van der Waals surface area contributed by atoms with E-state index in [0.717, 1.165) is 12.1 Å². The van der Waals surface area contributed by atoms with Crippen LogP contribution in [0.15, 0.2) is 12.1 Å². The molecule has 0 aliphatic heterocycles. The molecule has 1 saturated carbocycles. The molecule has 0 heterocycles. The molecule has 1 aromatic rings. The number of carboxylic acids is 1. The van der Waals surface area contributed by atoms with Crippen LogP contribution in [0.25, 0.3) is 0 Å². The Morgan fingerprint density at radius 2 is 1.91 bits per heavy atom. The molecule has 0 saturated heterocycles. The van der Waals surface area contributed by atoms with Crippen LogP contribution in [0, 0.1) is 11.2 Å². The molecule has 0 unspecified atom stereocenters. The quantitative estimate of drug-likeness (QED) is 0.861. The second-order valence-electron chi connectivity index (χ2n) is 6.02. The van der Waals surface area contributed by atoms with Crippen LogP contribution >= 0.6 is 11.6 Å². The molecule has 22 heavy (non-hydrogen) atoms. The third-order valence-corrected chi connectivity index (χ3v) is 4.31. The summed E-state index contributed by atoms with van der Waals surface area (Å²) in [6.45, 7) is 1.95. The van der Waals surface area contributed by atoms with Gasteiger partial charge >= 0.3 is 5.97 Å². The van der Waals surface area contributed by atoms with Crippen LogP contribution in [-0.2, 0) is 0 Å². The van der Waals surface area contributed by atoms with Gasteiger partial charge in [-0.2, -0.15) is 0 Å². The smallest absolute Gasteiger partial charge is 0.338 e. The van der Waals surface area contributed by atoms with E-state index in [1.807, 2.05) is 6.92 Å². The van der Waals surface area contributed by atoms with Crippen molar-refractivity contribution in [2.75, 3.05) is 6.61 Å². The van der Waals surface area contributed by atoms with Crippen LogP contribution in [0.4, 0.5) is 13.2 Å². The maximum absolute atomic E-state index is 13.6. The van der Waals surface area contributed by atoms with Gasteiger partial charge < -0.3 is 9.84 Å². The molecule has 0 spiro atoms. The topological polar surface area (TPSA) is 46.5 Å². The third kappa shape index (κ3) is 3.85. The predicted octanol–water partition coefficient (Wildman–Crippen LogP) is 4.77. The molecule has 0 radical (unpaired) electrons. The summed E-state index contributed by atoms with van der Waals surface area (Å²) in [5.41, 5.74) is -0.978. The van der Waals surface area contributed by atoms with Crippen LogP contribution in [0.1, 0.15) is 43.0 Å². The van der Waals surface area contributed by atoms with E-state index in [4.69, 9.17) is 21.4 Å². The standard InChI is InChI=1S/C15H16ClF3O3/c1-14(2-4-15(18,19)5-3-14)8-22-12-7-11(17)9(13(20)21)6-10(12)16/h6-7H,2-5,8H2,1H3,(H,20,21). The normalized spacial score (nSPS) is 19.7. The number of halogens is 4. The van der Waals surface area contributed by atoms with Gasteiger partial charge in [0.25, 0.3) is 0 Å². The maximum Gasteiger partial charge on any atom is 0.338 e. The zero-order chi connectivity index (χ0) is 16.5. The van der Waals surface area contributed by atoms with Gasteiger partial charge in [0.05, 0.1) is 17.2 Å². The Labute approximate surface area is 131 Å². The first-order valence-corrected chi connectivity index (χ1v) is 7.23. The summed E-state index contributed by atoms with van der Waals surface area (Å²) in [7, 11) is 0. The number of alkyl halides is 2. The van der Waals surface area contributed by atoms with E-state index in [0.29, 0.717) is 12.8 Å². The number of carbonyl (C=O) groups is 1.